The van der Waals surface area contributed by atoms with Gasteiger partial charge in [0.15, 0.2) is 12.4 Å². The lowest BCUT2D eigenvalue weighted by Gasteiger charge is -2.07. The molecule has 0 aliphatic rings. The van der Waals surface area contributed by atoms with E-state index in [9.17, 15) is 4.79 Å². The van der Waals surface area contributed by atoms with Gasteiger partial charge in [0, 0.05) is 11.1 Å². The lowest BCUT2D eigenvalue weighted by atomic mass is 10.3. The molecule has 1 aromatic carbocycles. The van der Waals surface area contributed by atoms with Crippen LogP contribution in [0.3, 0.4) is 0 Å². The number of ether oxygens (including phenoxy) is 1. The molecule has 1 heterocycles. The van der Waals surface area contributed by atoms with Crippen LogP contribution in [0.15, 0.2) is 28.8 Å². The lowest BCUT2D eigenvalue weighted by molar-refractivity contribution is -0.118. The normalized spacial score (nSPS) is 10.3. The zero-order chi connectivity index (χ0) is 13.8. The molecule has 1 N–H and O–H groups in total. The average Bonchev–Trinajstić information content (AvgIpc) is 2.73. The van der Waals surface area contributed by atoms with E-state index < -0.39 is 0 Å². The number of aromatic nitrogens is 1. The highest BCUT2D eigenvalue weighted by Crippen LogP contribution is 2.27. The predicted molar refractivity (Wildman–Crippen MR) is 71.8 cm³/mol. The molecule has 0 bridgehead atoms. The second-order valence-electron chi connectivity index (χ2n) is 3.73. The summed E-state index contributed by atoms with van der Waals surface area (Å²) in [6, 6.07) is 6.37. The Labute approximate surface area is 119 Å². The topological polar surface area (TPSA) is 64.4 Å². The minimum absolute atomic E-state index is 0.187. The number of benzene rings is 1. The van der Waals surface area contributed by atoms with E-state index in [1.54, 1.807) is 25.1 Å². The van der Waals surface area contributed by atoms with Crippen LogP contribution in [0, 0.1) is 6.92 Å². The molecule has 5 nitrogen and oxygen atoms in total. The van der Waals surface area contributed by atoms with Crippen molar-refractivity contribution in [1.29, 1.82) is 0 Å². The first-order valence-electron chi connectivity index (χ1n) is 5.35. The van der Waals surface area contributed by atoms with E-state index in [4.69, 9.17) is 32.5 Å². The average molecular weight is 301 g/mol. The van der Waals surface area contributed by atoms with E-state index in [0.717, 1.165) is 0 Å². The molecular formula is C12H10Cl2N2O3. The number of carbonyl (C=O) groups excluding carboxylic acids is 1. The summed E-state index contributed by atoms with van der Waals surface area (Å²) in [5.41, 5.74) is 0. The number of anilines is 1. The van der Waals surface area contributed by atoms with Crippen molar-refractivity contribution in [1.82, 2.24) is 5.16 Å². The molecule has 2 aromatic rings. The molecule has 2 rings (SSSR count). The van der Waals surface area contributed by atoms with E-state index in [0.29, 0.717) is 27.4 Å². The first-order chi connectivity index (χ1) is 9.04. The van der Waals surface area contributed by atoms with Gasteiger partial charge in [-0.2, -0.15) is 0 Å². The fourth-order valence-corrected chi connectivity index (χ4v) is 1.80. The maximum atomic E-state index is 11.6. The third kappa shape index (κ3) is 3.87. The largest absolute Gasteiger partial charge is 0.482 e. The number of aryl methyl sites for hydroxylation is 1. The Hall–Kier alpha value is -1.72. The SMILES string of the molecule is Cc1cc(NC(=O)COc2ccc(Cl)cc2Cl)no1. The highest BCUT2D eigenvalue weighted by molar-refractivity contribution is 6.35. The summed E-state index contributed by atoms with van der Waals surface area (Å²) in [4.78, 5) is 11.6. The van der Waals surface area contributed by atoms with Crippen LogP contribution in [-0.2, 0) is 4.79 Å². The fourth-order valence-electron chi connectivity index (χ4n) is 1.34. The van der Waals surface area contributed by atoms with Crippen LogP contribution in [-0.4, -0.2) is 17.7 Å². The number of nitrogens with one attached hydrogen (secondary N) is 1. The van der Waals surface area contributed by atoms with Crippen LogP contribution in [0.25, 0.3) is 0 Å². The first kappa shape index (κ1) is 13.7. The Bertz CT molecular complexity index is 598. The van der Waals surface area contributed by atoms with Crippen LogP contribution in [0.5, 0.6) is 5.75 Å². The van der Waals surface area contributed by atoms with Crippen molar-refractivity contribution in [3.8, 4) is 5.75 Å². The van der Waals surface area contributed by atoms with E-state index >= 15 is 0 Å². The molecule has 0 unspecified atom stereocenters. The van der Waals surface area contributed by atoms with Crippen molar-refractivity contribution < 1.29 is 14.1 Å². The number of carbonyl (C=O) groups is 1. The summed E-state index contributed by atoms with van der Waals surface area (Å²) in [6.45, 7) is 1.54. The summed E-state index contributed by atoms with van der Waals surface area (Å²) in [6.07, 6.45) is 0. The first-order valence-corrected chi connectivity index (χ1v) is 6.11. The smallest absolute Gasteiger partial charge is 0.263 e. The lowest BCUT2D eigenvalue weighted by Crippen LogP contribution is -2.20. The molecule has 7 heteroatoms. The molecule has 0 saturated heterocycles. The zero-order valence-electron chi connectivity index (χ0n) is 9.94. The standard InChI is InChI=1S/C12H10Cl2N2O3/c1-7-4-11(16-19-7)15-12(17)6-18-10-3-2-8(13)5-9(10)14/h2-5H,6H2,1H3,(H,15,16,17). The minimum atomic E-state index is -0.362. The Morgan fingerprint density at radius 3 is 2.84 bits per heavy atom. The van der Waals surface area contributed by atoms with Gasteiger partial charge in [-0.05, 0) is 25.1 Å². The molecule has 100 valence electrons. The van der Waals surface area contributed by atoms with Gasteiger partial charge < -0.3 is 14.6 Å². The van der Waals surface area contributed by atoms with E-state index in [-0.39, 0.29) is 12.5 Å². The molecule has 0 radical (unpaired) electrons. The summed E-state index contributed by atoms with van der Waals surface area (Å²) in [5.74, 6) is 0.974. The monoisotopic (exact) mass is 300 g/mol. The van der Waals surface area contributed by atoms with Gasteiger partial charge in [-0.15, -0.1) is 0 Å². The van der Waals surface area contributed by atoms with Gasteiger partial charge in [0.1, 0.15) is 11.5 Å². The third-order valence-electron chi connectivity index (χ3n) is 2.15. The number of amides is 1. The highest BCUT2D eigenvalue weighted by atomic mass is 35.5. The predicted octanol–water partition coefficient (Wildman–Crippen LogP) is 3.31. The molecule has 0 aliphatic carbocycles. The molecule has 0 aliphatic heterocycles. The van der Waals surface area contributed by atoms with Gasteiger partial charge in [-0.1, -0.05) is 28.4 Å². The quantitative estimate of drug-likeness (QED) is 0.941. The minimum Gasteiger partial charge on any atom is -0.482 e. The number of rotatable bonds is 4. The molecule has 0 fully saturated rings. The van der Waals surface area contributed by atoms with Gasteiger partial charge in [-0.3, -0.25) is 4.79 Å². The zero-order valence-corrected chi connectivity index (χ0v) is 11.5. The van der Waals surface area contributed by atoms with Crippen molar-refractivity contribution in [2.75, 3.05) is 11.9 Å². The van der Waals surface area contributed by atoms with Gasteiger partial charge in [0.2, 0.25) is 0 Å². The summed E-state index contributed by atoms with van der Waals surface area (Å²) < 4.78 is 10.1. The Morgan fingerprint density at radius 1 is 1.42 bits per heavy atom. The summed E-state index contributed by atoms with van der Waals surface area (Å²) in [5, 5.41) is 7.00. The van der Waals surface area contributed by atoms with E-state index in [2.05, 4.69) is 10.5 Å². The maximum Gasteiger partial charge on any atom is 0.263 e. The van der Waals surface area contributed by atoms with Gasteiger partial charge in [-0.25, -0.2) is 0 Å². The molecule has 0 saturated carbocycles. The van der Waals surface area contributed by atoms with Gasteiger partial charge in [0.05, 0.1) is 5.02 Å². The van der Waals surface area contributed by atoms with Crippen molar-refractivity contribution in [2.45, 2.75) is 6.92 Å². The van der Waals surface area contributed by atoms with Gasteiger partial charge in [0.25, 0.3) is 5.91 Å². The molecule has 19 heavy (non-hydrogen) atoms. The van der Waals surface area contributed by atoms with Crippen molar-refractivity contribution in [3.63, 3.8) is 0 Å². The van der Waals surface area contributed by atoms with Crippen LogP contribution in [0.4, 0.5) is 5.82 Å². The van der Waals surface area contributed by atoms with Crippen LogP contribution < -0.4 is 10.1 Å². The Balaban J connectivity index is 1.89. The summed E-state index contributed by atoms with van der Waals surface area (Å²) >= 11 is 11.7. The third-order valence-corrected chi connectivity index (χ3v) is 2.68. The number of hydrogen-bond donors (Lipinski definition) is 1. The molecular weight excluding hydrogens is 291 g/mol. The van der Waals surface area contributed by atoms with Crippen LogP contribution >= 0.6 is 23.2 Å². The van der Waals surface area contributed by atoms with Crippen LogP contribution in [0.1, 0.15) is 5.76 Å². The van der Waals surface area contributed by atoms with E-state index in [1.165, 1.54) is 6.07 Å². The number of halogens is 2. The van der Waals surface area contributed by atoms with Crippen molar-refractivity contribution in [3.05, 3.63) is 40.1 Å². The number of nitrogens with zero attached hydrogens (tertiary/aromatic N) is 1. The molecule has 1 amide bonds. The fraction of sp³-hybridized carbons (Fsp3) is 0.167. The van der Waals surface area contributed by atoms with E-state index in [1.807, 2.05) is 0 Å². The van der Waals surface area contributed by atoms with Crippen molar-refractivity contribution >= 4 is 34.9 Å². The second-order valence-corrected chi connectivity index (χ2v) is 4.58. The maximum absolute atomic E-state index is 11.6. The Morgan fingerprint density at radius 2 is 2.21 bits per heavy atom. The second kappa shape index (κ2) is 5.95. The molecule has 1 aromatic heterocycles. The highest BCUT2D eigenvalue weighted by Gasteiger charge is 2.08. The van der Waals surface area contributed by atoms with Crippen LogP contribution in [0.2, 0.25) is 10.0 Å². The van der Waals surface area contributed by atoms with Gasteiger partial charge >= 0.3 is 0 Å². The Kier molecular flexibility index (Phi) is 4.29. The number of hydrogen-bond acceptors (Lipinski definition) is 4. The van der Waals surface area contributed by atoms with Crippen molar-refractivity contribution in [2.24, 2.45) is 0 Å². The molecule has 0 atom stereocenters. The summed E-state index contributed by atoms with van der Waals surface area (Å²) in [7, 11) is 0. The molecule has 0 spiro atoms.